The Hall–Kier alpha value is -1.50. The van der Waals surface area contributed by atoms with Gasteiger partial charge in [-0.15, -0.1) is 0 Å². The average Bonchev–Trinajstić information content (AvgIpc) is 2.49. The molecule has 7 heteroatoms. The number of piperidine rings is 1. The minimum absolute atomic E-state index is 0.178. The molecule has 0 aromatic heterocycles. The molecule has 0 spiro atoms. The number of aliphatic hydroxyl groups excluding tert-OH is 1. The predicted molar refractivity (Wildman–Crippen MR) is 86.7 cm³/mol. The Morgan fingerprint density at radius 3 is 2.86 bits per heavy atom. The van der Waals surface area contributed by atoms with Gasteiger partial charge in [0.05, 0.1) is 18.9 Å². The van der Waals surface area contributed by atoms with E-state index in [9.17, 15) is 9.90 Å². The number of hydrogen-bond acceptors (Lipinski definition) is 4. The summed E-state index contributed by atoms with van der Waals surface area (Å²) in [4.78, 5) is 14.1. The summed E-state index contributed by atoms with van der Waals surface area (Å²) in [6, 6.07) is 4.76. The lowest BCUT2D eigenvalue weighted by molar-refractivity contribution is 0.0833. The fraction of sp³-hybridized carbons (Fsp3) is 0.533. The largest absolute Gasteiger partial charge is 0.495 e. The van der Waals surface area contributed by atoms with Crippen molar-refractivity contribution in [3.05, 3.63) is 23.2 Å². The Balaban J connectivity index is 1.75. The topological polar surface area (TPSA) is 73.8 Å². The molecule has 0 aliphatic carbocycles. The molecule has 0 saturated carbocycles. The summed E-state index contributed by atoms with van der Waals surface area (Å²) in [6.45, 7) is 3.05. The Morgan fingerprint density at radius 1 is 1.45 bits per heavy atom. The summed E-state index contributed by atoms with van der Waals surface area (Å²) < 4.78 is 5.18. The van der Waals surface area contributed by atoms with Crippen LogP contribution in [0, 0.1) is 0 Å². The Bertz CT molecular complexity index is 505. The first kappa shape index (κ1) is 16.9. The zero-order valence-electron chi connectivity index (χ0n) is 12.6. The van der Waals surface area contributed by atoms with Crippen molar-refractivity contribution < 1.29 is 14.6 Å². The van der Waals surface area contributed by atoms with E-state index in [-0.39, 0.29) is 12.1 Å². The molecular weight excluding hydrogens is 306 g/mol. The van der Waals surface area contributed by atoms with E-state index in [0.717, 1.165) is 32.5 Å². The number of amides is 2. The molecule has 122 valence electrons. The molecule has 0 atom stereocenters. The van der Waals surface area contributed by atoms with Crippen molar-refractivity contribution >= 4 is 23.3 Å². The van der Waals surface area contributed by atoms with Gasteiger partial charge in [0.15, 0.2) is 0 Å². The molecule has 3 N–H and O–H groups in total. The lowest BCUT2D eigenvalue weighted by Gasteiger charge is -2.29. The molecule has 1 heterocycles. The quantitative estimate of drug-likeness (QED) is 0.772. The molecule has 1 fully saturated rings. The van der Waals surface area contributed by atoms with Crippen LogP contribution in [0.25, 0.3) is 0 Å². The van der Waals surface area contributed by atoms with Crippen molar-refractivity contribution in [1.29, 1.82) is 0 Å². The summed E-state index contributed by atoms with van der Waals surface area (Å²) in [5.41, 5.74) is 0.536. The highest BCUT2D eigenvalue weighted by Crippen LogP contribution is 2.27. The van der Waals surface area contributed by atoms with Crippen LogP contribution in [0.4, 0.5) is 10.5 Å². The van der Waals surface area contributed by atoms with Gasteiger partial charge in [0.2, 0.25) is 0 Å². The maximum atomic E-state index is 11.9. The summed E-state index contributed by atoms with van der Waals surface area (Å²) in [7, 11) is 1.54. The van der Waals surface area contributed by atoms with Crippen LogP contribution in [-0.4, -0.2) is 55.4 Å². The molecule has 1 aromatic rings. The predicted octanol–water partition coefficient (Wildman–Crippen LogP) is 1.93. The third-order valence-electron chi connectivity index (χ3n) is 3.68. The monoisotopic (exact) mass is 327 g/mol. The molecule has 1 aliphatic rings. The lowest BCUT2D eigenvalue weighted by atomic mass is 10.1. The number of halogens is 1. The fourth-order valence-electron chi connectivity index (χ4n) is 2.41. The number of urea groups is 1. The molecular formula is C15H22ClN3O3. The van der Waals surface area contributed by atoms with E-state index >= 15 is 0 Å². The number of nitrogens with zero attached hydrogens (tertiary/aromatic N) is 1. The number of carbonyl (C=O) groups is 1. The first-order chi connectivity index (χ1) is 10.6. The van der Waals surface area contributed by atoms with Gasteiger partial charge in [-0.05, 0) is 31.0 Å². The molecule has 22 heavy (non-hydrogen) atoms. The third-order valence-corrected chi connectivity index (χ3v) is 3.92. The Kier molecular flexibility index (Phi) is 6.30. The second kappa shape index (κ2) is 8.22. The number of aliphatic hydroxyl groups is 1. The van der Waals surface area contributed by atoms with E-state index in [4.69, 9.17) is 16.3 Å². The highest BCUT2D eigenvalue weighted by atomic mass is 35.5. The average molecular weight is 328 g/mol. The van der Waals surface area contributed by atoms with Crippen LogP contribution in [0.1, 0.15) is 12.8 Å². The van der Waals surface area contributed by atoms with E-state index in [1.54, 1.807) is 18.2 Å². The van der Waals surface area contributed by atoms with Crippen LogP contribution in [0.3, 0.4) is 0 Å². The number of nitrogens with one attached hydrogen (secondary N) is 2. The van der Waals surface area contributed by atoms with Crippen LogP contribution in [0.5, 0.6) is 5.75 Å². The molecule has 0 bridgehead atoms. The van der Waals surface area contributed by atoms with Crippen LogP contribution in [0.15, 0.2) is 18.2 Å². The van der Waals surface area contributed by atoms with Gasteiger partial charge in [0.1, 0.15) is 5.75 Å². The molecule has 1 aromatic carbocycles. The van der Waals surface area contributed by atoms with Crippen LogP contribution in [-0.2, 0) is 0 Å². The number of carbonyl (C=O) groups excluding carboxylic acids is 1. The van der Waals surface area contributed by atoms with Gasteiger partial charge < -0.3 is 25.4 Å². The number of rotatable bonds is 5. The van der Waals surface area contributed by atoms with Gasteiger partial charge in [0, 0.05) is 31.2 Å². The summed E-state index contributed by atoms with van der Waals surface area (Å²) in [6.07, 6.45) is 1.42. The van der Waals surface area contributed by atoms with E-state index in [0.29, 0.717) is 23.0 Å². The first-order valence-electron chi connectivity index (χ1n) is 7.37. The zero-order chi connectivity index (χ0) is 15.9. The highest BCUT2D eigenvalue weighted by Gasteiger charge is 2.16. The molecule has 6 nitrogen and oxygen atoms in total. The minimum Gasteiger partial charge on any atom is -0.495 e. The zero-order valence-corrected chi connectivity index (χ0v) is 13.4. The number of benzene rings is 1. The number of methoxy groups -OCH3 is 1. The first-order valence-corrected chi connectivity index (χ1v) is 7.75. The van der Waals surface area contributed by atoms with Crippen molar-refractivity contribution in [3.63, 3.8) is 0 Å². The van der Waals surface area contributed by atoms with Gasteiger partial charge in [-0.1, -0.05) is 11.6 Å². The van der Waals surface area contributed by atoms with Crippen molar-refractivity contribution in [2.24, 2.45) is 0 Å². The fourth-order valence-corrected chi connectivity index (χ4v) is 2.59. The number of anilines is 1. The molecule has 2 amide bonds. The van der Waals surface area contributed by atoms with E-state index in [1.165, 1.54) is 7.11 Å². The molecule has 0 unspecified atom stereocenters. The van der Waals surface area contributed by atoms with Gasteiger partial charge in [-0.3, -0.25) is 0 Å². The molecule has 2 rings (SSSR count). The van der Waals surface area contributed by atoms with Crippen LogP contribution < -0.4 is 15.4 Å². The summed E-state index contributed by atoms with van der Waals surface area (Å²) in [5.74, 6) is 0.560. The number of hydrogen-bond donors (Lipinski definition) is 3. The second-order valence-electron chi connectivity index (χ2n) is 5.30. The van der Waals surface area contributed by atoms with Crippen molar-refractivity contribution in [3.8, 4) is 5.75 Å². The normalized spacial score (nSPS) is 16.3. The minimum atomic E-state index is -0.294. The van der Waals surface area contributed by atoms with Gasteiger partial charge in [-0.2, -0.15) is 0 Å². The molecule has 1 aliphatic heterocycles. The highest BCUT2D eigenvalue weighted by molar-refractivity contribution is 6.31. The SMILES string of the molecule is COc1ccc(Cl)cc1NC(=O)NCCN1CCC(O)CC1. The molecule has 1 saturated heterocycles. The number of likely N-dealkylation sites (tertiary alicyclic amines) is 1. The van der Waals surface area contributed by atoms with E-state index < -0.39 is 0 Å². The van der Waals surface area contributed by atoms with Crippen LogP contribution in [0.2, 0.25) is 5.02 Å². The number of ether oxygens (including phenoxy) is 1. The van der Waals surface area contributed by atoms with Crippen molar-refractivity contribution in [2.45, 2.75) is 18.9 Å². The van der Waals surface area contributed by atoms with Crippen LogP contribution >= 0.6 is 11.6 Å². The van der Waals surface area contributed by atoms with E-state index in [1.807, 2.05) is 0 Å². The Labute approximate surface area is 135 Å². The maximum Gasteiger partial charge on any atom is 0.319 e. The van der Waals surface area contributed by atoms with E-state index in [2.05, 4.69) is 15.5 Å². The Morgan fingerprint density at radius 2 is 2.18 bits per heavy atom. The lowest BCUT2D eigenvalue weighted by Crippen LogP contribution is -2.41. The van der Waals surface area contributed by atoms with Crippen molar-refractivity contribution in [1.82, 2.24) is 10.2 Å². The standard InChI is InChI=1S/C15H22ClN3O3/c1-22-14-3-2-11(16)10-13(14)18-15(21)17-6-9-19-7-4-12(20)5-8-19/h2-3,10,12,20H,4-9H2,1H3,(H2,17,18,21). The van der Waals surface area contributed by atoms with Gasteiger partial charge in [-0.25, -0.2) is 4.79 Å². The smallest absolute Gasteiger partial charge is 0.319 e. The third kappa shape index (κ3) is 5.05. The van der Waals surface area contributed by atoms with Gasteiger partial charge in [0.25, 0.3) is 0 Å². The maximum absolute atomic E-state index is 11.9. The van der Waals surface area contributed by atoms with Gasteiger partial charge >= 0.3 is 6.03 Å². The summed E-state index contributed by atoms with van der Waals surface area (Å²) >= 11 is 5.92. The second-order valence-corrected chi connectivity index (χ2v) is 5.73. The van der Waals surface area contributed by atoms with Crippen molar-refractivity contribution in [2.75, 3.05) is 38.6 Å². The molecule has 0 radical (unpaired) electrons. The summed E-state index contributed by atoms with van der Waals surface area (Å²) in [5, 5.41) is 15.5.